The van der Waals surface area contributed by atoms with Crippen LogP contribution in [0.1, 0.15) is 36.8 Å². The highest BCUT2D eigenvalue weighted by atomic mass is 16.2. The topological polar surface area (TPSA) is 93.2 Å². The molecule has 7 nitrogen and oxygen atoms in total. The maximum absolute atomic E-state index is 11.9. The molecule has 0 aliphatic rings. The van der Waals surface area contributed by atoms with Crippen LogP contribution in [0.3, 0.4) is 0 Å². The summed E-state index contributed by atoms with van der Waals surface area (Å²) in [5, 5.41) is 7.00. The second-order valence-corrected chi connectivity index (χ2v) is 5.90. The Labute approximate surface area is 119 Å². The second-order valence-electron chi connectivity index (χ2n) is 5.90. The molecule has 0 aliphatic heterocycles. The zero-order chi connectivity index (χ0) is 15.5. The summed E-state index contributed by atoms with van der Waals surface area (Å²) in [5.74, 6) is -0.382. The molecule has 112 valence electrons. The molecule has 2 amide bonds. The summed E-state index contributed by atoms with van der Waals surface area (Å²) in [6.45, 7) is 5.97. The van der Waals surface area contributed by atoms with Gasteiger partial charge in [-0.05, 0) is 20.8 Å². The molecule has 20 heavy (non-hydrogen) atoms. The molecule has 0 bridgehead atoms. The van der Waals surface area contributed by atoms with Crippen LogP contribution in [0.2, 0.25) is 0 Å². The van der Waals surface area contributed by atoms with E-state index in [2.05, 4.69) is 10.4 Å². The van der Waals surface area contributed by atoms with Gasteiger partial charge in [-0.2, -0.15) is 5.10 Å². The smallest absolute Gasteiger partial charge is 0.274 e. The van der Waals surface area contributed by atoms with Crippen molar-refractivity contribution >= 4 is 11.8 Å². The highest BCUT2D eigenvalue weighted by molar-refractivity contribution is 5.93. The Kier molecular flexibility index (Phi) is 4.88. The van der Waals surface area contributed by atoms with Crippen molar-refractivity contribution in [1.29, 1.82) is 0 Å². The third-order valence-electron chi connectivity index (χ3n) is 2.49. The SMILES string of the molecule is CN(C)C(=O)c1nn(CC(=O)NC(C)(C)C)cc1CN. The molecular weight excluding hydrogens is 258 g/mol. The highest BCUT2D eigenvalue weighted by Gasteiger charge is 2.19. The number of nitrogens with zero attached hydrogens (tertiary/aromatic N) is 3. The van der Waals surface area contributed by atoms with E-state index >= 15 is 0 Å². The zero-order valence-corrected chi connectivity index (χ0v) is 12.7. The summed E-state index contributed by atoms with van der Waals surface area (Å²) < 4.78 is 1.44. The minimum absolute atomic E-state index is 0.0605. The van der Waals surface area contributed by atoms with Gasteiger partial charge in [-0.1, -0.05) is 0 Å². The molecule has 1 rings (SSSR count). The molecule has 1 heterocycles. The lowest BCUT2D eigenvalue weighted by Crippen LogP contribution is -2.42. The van der Waals surface area contributed by atoms with E-state index in [0.29, 0.717) is 11.3 Å². The predicted molar refractivity (Wildman–Crippen MR) is 76.0 cm³/mol. The molecule has 0 aromatic carbocycles. The first-order valence-corrected chi connectivity index (χ1v) is 6.43. The van der Waals surface area contributed by atoms with Crippen LogP contribution in [-0.4, -0.2) is 46.1 Å². The molecule has 0 saturated carbocycles. The summed E-state index contributed by atoms with van der Waals surface area (Å²) in [4.78, 5) is 25.2. The molecule has 1 aromatic rings. The average molecular weight is 281 g/mol. The molecule has 3 N–H and O–H groups in total. The summed E-state index contributed by atoms with van der Waals surface area (Å²) in [6.07, 6.45) is 1.64. The van der Waals surface area contributed by atoms with Crippen LogP contribution < -0.4 is 11.1 Å². The zero-order valence-electron chi connectivity index (χ0n) is 12.7. The van der Waals surface area contributed by atoms with Gasteiger partial charge in [-0.25, -0.2) is 0 Å². The van der Waals surface area contributed by atoms with E-state index in [1.54, 1.807) is 20.3 Å². The average Bonchev–Trinajstić information content (AvgIpc) is 2.67. The maximum Gasteiger partial charge on any atom is 0.274 e. The third-order valence-corrected chi connectivity index (χ3v) is 2.49. The summed E-state index contributed by atoms with van der Waals surface area (Å²) in [5.41, 5.74) is 6.23. The van der Waals surface area contributed by atoms with Crippen LogP contribution >= 0.6 is 0 Å². The Hall–Kier alpha value is -1.89. The quantitative estimate of drug-likeness (QED) is 0.809. The first kappa shape index (κ1) is 16.2. The van der Waals surface area contributed by atoms with Gasteiger partial charge in [0, 0.05) is 37.9 Å². The number of carbonyl (C=O) groups excluding carboxylic acids is 2. The summed E-state index contributed by atoms with van der Waals surface area (Å²) in [7, 11) is 3.29. The standard InChI is InChI=1S/C13H23N5O2/c1-13(2,3)15-10(19)8-18-7-9(6-14)11(16-18)12(20)17(4)5/h7H,6,8,14H2,1-5H3,(H,15,19). The van der Waals surface area contributed by atoms with E-state index in [0.717, 1.165) is 0 Å². The second kappa shape index (κ2) is 6.04. The van der Waals surface area contributed by atoms with Crippen molar-refractivity contribution in [2.75, 3.05) is 14.1 Å². The van der Waals surface area contributed by atoms with Gasteiger partial charge in [0.1, 0.15) is 6.54 Å². The normalized spacial score (nSPS) is 11.3. The van der Waals surface area contributed by atoms with Gasteiger partial charge < -0.3 is 16.0 Å². The van der Waals surface area contributed by atoms with Gasteiger partial charge in [0.25, 0.3) is 5.91 Å². The molecule has 0 radical (unpaired) electrons. The van der Waals surface area contributed by atoms with E-state index in [-0.39, 0.29) is 30.4 Å². The first-order valence-electron chi connectivity index (χ1n) is 6.43. The van der Waals surface area contributed by atoms with E-state index < -0.39 is 0 Å². The molecular formula is C13H23N5O2. The van der Waals surface area contributed by atoms with Gasteiger partial charge in [-0.3, -0.25) is 14.3 Å². The Bertz CT molecular complexity index is 499. The van der Waals surface area contributed by atoms with E-state index in [4.69, 9.17) is 5.73 Å². The van der Waals surface area contributed by atoms with E-state index in [1.807, 2.05) is 20.8 Å². The number of carbonyl (C=O) groups is 2. The molecule has 0 unspecified atom stereocenters. The van der Waals surface area contributed by atoms with Gasteiger partial charge in [0.15, 0.2) is 5.69 Å². The molecule has 7 heteroatoms. The van der Waals surface area contributed by atoms with Crippen LogP contribution in [0.15, 0.2) is 6.20 Å². The minimum Gasteiger partial charge on any atom is -0.350 e. The lowest BCUT2D eigenvalue weighted by Gasteiger charge is -2.20. The Morgan fingerprint density at radius 3 is 2.45 bits per heavy atom. The lowest BCUT2D eigenvalue weighted by atomic mass is 10.1. The number of nitrogens with two attached hydrogens (primary N) is 1. The number of hydrogen-bond donors (Lipinski definition) is 2. The van der Waals surface area contributed by atoms with Gasteiger partial charge in [0.05, 0.1) is 0 Å². The minimum atomic E-state index is -0.302. The van der Waals surface area contributed by atoms with Crippen LogP contribution in [0.4, 0.5) is 0 Å². The fraction of sp³-hybridized carbons (Fsp3) is 0.615. The monoisotopic (exact) mass is 281 g/mol. The third kappa shape index (κ3) is 4.34. The Morgan fingerprint density at radius 2 is 2.00 bits per heavy atom. The molecule has 0 spiro atoms. The maximum atomic E-state index is 11.9. The molecule has 0 atom stereocenters. The van der Waals surface area contributed by atoms with Crippen LogP contribution in [0.5, 0.6) is 0 Å². The summed E-state index contributed by atoms with van der Waals surface area (Å²) in [6, 6.07) is 0. The van der Waals surface area contributed by atoms with E-state index in [9.17, 15) is 9.59 Å². The van der Waals surface area contributed by atoms with Crippen molar-refractivity contribution in [3.05, 3.63) is 17.5 Å². The number of amides is 2. The van der Waals surface area contributed by atoms with Gasteiger partial charge in [-0.15, -0.1) is 0 Å². The number of rotatable bonds is 4. The van der Waals surface area contributed by atoms with Crippen molar-refractivity contribution in [1.82, 2.24) is 20.0 Å². The molecule has 0 aliphatic carbocycles. The lowest BCUT2D eigenvalue weighted by molar-refractivity contribution is -0.123. The van der Waals surface area contributed by atoms with Gasteiger partial charge >= 0.3 is 0 Å². The van der Waals surface area contributed by atoms with Crippen LogP contribution in [-0.2, 0) is 17.9 Å². The fourth-order valence-corrected chi connectivity index (χ4v) is 1.69. The first-order chi connectivity index (χ1) is 9.14. The highest BCUT2D eigenvalue weighted by Crippen LogP contribution is 2.09. The molecule has 0 fully saturated rings. The van der Waals surface area contributed by atoms with Crippen molar-refractivity contribution in [2.45, 2.75) is 39.4 Å². The van der Waals surface area contributed by atoms with Crippen molar-refractivity contribution < 1.29 is 9.59 Å². The molecule has 1 aromatic heterocycles. The van der Waals surface area contributed by atoms with Crippen molar-refractivity contribution in [2.24, 2.45) is 5.73 Å². The predicted octanol–water partition coefficient (Wildman–Crippen LogP) is -0.0417. The van der Waals surface area contributed by atoms with Crippen LogP contribution in [0.25, 0.3) is 0 Å². The fourth-order valence-electron chi connectivity index (χ4n) is 1.69. The number of aromatic nitrogens is 2. The number of nitrogens with one attached hydrogen (secondary N) is 1. The number of hydrogen-bond acceptors (Lipinski definition) is 4. The van der Waals surface area contributed by atoms with Gasteiger partial charge in [0.2, 0.25) is 5.91 Å². The largest absolute Gasteiger partial charge is 0.350 e. The van der Waals surface area contributed by atoms with E-state index in [1.165, 1.54) is 9.58 Å². The van der Waals surface area contributed by atoms with Crippen LogP contribution in [0, 0.1) is 0 Å². The molecule has 0 saturated heterocycles. The summed E-state index contributed by atoms with van der Waals surface area (Å²) >= 11 is 0. The van der Waals surface area contributed by atoms with Crippen molar-refractivity contribution in [3.8, 4) is 0 Å². The van der Waals surface area contributed by atoms with Crippen molar-refractivity contribution in [3.63, 3.8) is 0 Å². The Balaban J connectivity index is 2.88. The Morgan fingerprint density at radius 1 is 1.40 bits per heavy atom.